The van der Waals surface area contributed by atoms with Crippen LogP contribution in [0, 0.1) is 20.8 Å². The van der Waals surface area contributed by atoms with Gasteiger partial charge in [0.25, 0.3) is 0 Å². The van der Waals surface area contributed by atoms with Crippen molar-refractivity contribution in [2.24, 2.45) is 0 Å². The highest BCUT2D eigenvalue weighted by atomic mass is 31.2. The average molecular weight is 972 g/mol. The molecule has 19 heteroatoms. The molecule has 0 saturated heterocycles. The zero-order chi connectivity index (χ0) is 48.4. The van der Waals surface area contributed by atoms with Crippen molar-refractivity contribution in [2.75, 3.05) is 39.6 Å². The summed E-state index contributed by atoms with van der Waals surface area (Å²) >= 11 is 0. The maximum Gasteiger partial charge on any atom is 0.472 e. The van der Waals surface area contributed by atoms with Crippen molar-refractivity contribution in [3.8, 4) is 0 Å². The molecule has 0 aromatic heterocycles. The molecule has 2 unspecified atom stereocenters. The van der Waals surface area contributed by atoms with Gasteiger partial charge in [-0.05, 0) is 19.3 Å². The number of aliphatic hydroxyl groups excluding tert-OH is 1. The van der Waals surface area contributed by atoms with Gasteiger partial charge in [-0.1, -0.05) is 129 Å². The van der Waals surface area contributed by atoms with E-state index in [0.717, 1.165) is 51.4 Å². The molecule has 0 saturated carbocycles. The number of hydrogen-bond acceptors (Lipinski definition) is 15. The monoisotopic (exact) mass is 972 g/mol. The third-order valence-electron chi connectivity index (χ3n) is 10.0. The molecule has 3 N–H and O–H groups in total. The van der Waals surface area contributed by atoms with E-state index in [0.29, 0.717) is 32.1 Å². The van der Waals surface area contributed by atoms with Crippen molar-refractivity contribution in [2.45, 2.75) is 211 Å². The predicted molar refractivity (Wildman–Crippen MR) is 247 cm³/mol. The largest absolute Gasteiger partial charge is 0.472 e. The van der Waals surface area contributed by atoms with Crippen molar-refractivity contribution in [3.63, 3.8) is 0 Å². The van der Waals surface area contributed by atoms with Crippen LogP contribution in [0.25, 0.3) is 0 Å². The molecule has 0 fully saturated rings. The lowest BCUT2D eigenvalue weighted by Gasteiger charge is -2.21. The molecule has 0 aliphatic carbocycles. The Morgan fingerprint density at radius 2 is 0.723 bits per heavy atom. The van der Waals surface area contributed by atoms with Gasteiger partial charge in [-0.2, -0.15) is 19.3 Å². The second-order valence-corrected chi connectivity index (χ2v) is 19.3. The first-order valence-electron chi connectivity index (χ1n) is 24.2. The molecule has 0 aliphatic rings. The standard InChI is InChI=1S/C46H85O17P2/c1-5-9-12-14-16-17-18-19-20-21-22-23-24-26-28-32-44(49)57-37-42(63-46(51)33-29-25-15-13-10-6-2)39-61-65(54,55)59-35-40(47)34-58-64(52,53)60-38-41(62-45(50)30-8-4)36-56-43(48)31-27-11-7-3/h40-42,47H,2-39H2,1H3,(H,52,53)(H,54,55)/q-3/t40-,41-,42-/m1/s1. The van der Waals surface area contributed by atoms with Gasteiger partial charge in [-0.25, -0.2) is 9.13 Å². The van der Waals surface area contributed by atoms with Gasteiger partial charge in [-0.15, -0.1) is 0 Å². The van der Waals surface area contributed by atoms with Crippen molar-refractivity contribution in [1.29, 1.82) is 0 Å². The Morgan fingerprint density at radius 1 is 0.415 bits per heavy atom. The van der Waals surface area contributed by atoms with Crippen LogP contribution in [0.15, 0.2) is 0 Å². The van der Waals surface area contributed by atoms with Crippen molar-refractivity contribution in [1.82, 2.24) is 0 Å². The number of phosphoric ester groups is 2. The number of ether oxygens (including phenoxy) is 4. The number of carbonyl (C=O) groups excluding carboxylic acids is 4. The van der Waals surface area contributed by atoms with Crippen LogP contribution in [0.4, 0.5) is 0 Å². The summed E-state index contributed by atoms with van der Waals surface area (Å²) in [5.41, 5.74) is 0. The molecule has 65 heavy (non-hydrogen) atoms. The third-order valence-corrected chi connectivity index (χ3v) is 11.9. The van der Waals surface area contributed by atoms with Gasteiger partial charge in [0.05, 0.1) is 26.4 Å². The Kier molecular flexibility index (Phi) is 40.9. The van der Waals surface area contributed by atoms with E-state index in [9.17, 15) is 43.2 Å². The molecule has 0 aromatic carbocycles. The van der Waals surface area contributed by atoms with Crippen LogP contribution in [-0.2, 0) is 65.4 Å². The minimum Gasteiger partial charge on any atom is -0.462 e. The minimum absolute atomic E-state index is 0.0670. The van der Waals surface area contributed by atoms with E-state index in [1.54, 1.807) is 0 Å². The highest BCUT2D eigenvalue weighted by Gasteiger charge is 2.30. The first-order valence-corrected chi connectivity index (χ1v) is 27.2. The highest BCUT2D eigenvalue weighted by Crippen LogP contribution is 2.45. The van der Waals surface area contributed by atoms with Crippen LogP contribution in [-0.4, -0.2) is 96.7 Å². The van der Waals surface area contributed by atoms with Gasteiger partial charge in [-0.3, -0.25) is 37.3 Å². The Morgan fingerprint density at radius 3 is 1.11 bits per heavy atom. The second kappa shape index (κ2) is 42.2. The third kappa shape index (κ3) is 41.9. The predicted octanol–water partition coefficient (Wildman–Crippen LogP) is 10.4. The summed E-state index contributed by atoms with van der Waals surface area (Å²) < 4.78 is 65.7. The van der Waals surface area contributed by atoms with E-state index in [-0.39, 0.29) is 32.1 Å². The maximum atomic E-state index is 12.7. The topological polar surface area (TPSA) is 237 Å². The normalized spacial score (nSPS) is 14.8. The molecule has 0 bridgehead atoms. The Balaban J connectivity index is 4.88. The van der Waals surface area contributed by atoms with E-state index in [4.69, 9.17) is 37.0 Å². The molecule has 0 heterocycles. The molecular weight excluding hydrogens is 886 g/mol. The molecule has 0 rings (SSSR count). The number of rotatable bonds is 47. The SMILES string of the molecule is [CH2-]CCCCCCCC(=O)O[C@H](COC(=O)CCCCCCCCCCCCCCCCC)COP(=O)(O)OC[C@H](O)COP(=O)(O)OC[C@@H](COC(=O)CCCC[CH2-])OC(=O)CC[CH2-]. The number of hydrogen-bond donors (Lipinski definition) is 3. The maximum absolute atomic E-state index is 12.7. The van der Waals surface area contributed by atoms with Gasteiger partial charge in [0, 0.05) is 25.7 Å². The van der Waals surface area contributed by atoms with Gasteiger partial charge < -0.3 is 54.6 Å². The Bertz CT molecular complexity index is 1300. The molecule has 0 aromatic rings. The zero-order valence-electron chi connectivity index (χ0n) is 39.6. The van der Waals surface area contributed by atoms with E-state index >= 15 is 0 Å². The Labute approximate surface area is 390 Å². The summed E-state index contributed by atoms with van der Waals surface area (Å²) in [6.45, 7) is 9.19. The number of phosphoric acid groups is 2. The molecule has 384 valence electrons. The minimum atomic E-state index is -4.92. The highest BCUT2D eigenvalue weighted by molar-refractivity contribution is 7.47. The van der Waals surface area contributed by atoms with Crippen molar-refractivity contribution < 1.29 is 80.2 Å². The smallest absolute Gasteiger partial charge is 0.462 e. The van der Waals surface area contributed by atoms with E-state index < -0.39 is 97.5 Å². The Hall–Kier alpha value is -1.94. The van der Waals surface area contributed by atoms with Gasteiger partial charge in [0.2, 0.25) is 0 Å². The van der Waals surface area contributed by atoms with E-state index in [2.05, 4.69) is 27.7 Å². The molecule has 0 aliphatic heterocycles. The van der Waals surface area contributed by atoms with Crippen LogP contribution in [0.3, 0.4) is 0 Å². The number of unbranched alkanes of at least 4 members (excludes halogenated alkanes) is 21. The van der Waals surface area contributed by atoms with Gasteiger partial charge in [0.15, 0.2) is 12.2 Å². The summed E-state index contributed by atoms with van der Waals surface area (Å²) in [5, 5.41) is 10.3. The average Bonchev–Trinajstić information content (AvgIpc) is 3.26. The van der Waals surface area contributed by atoms with E-state index in [1.165, 1.54) is 70.6 Å². The first kappa shape index (κ1) is 63.1. The molecule has 0 radical (unpaired) electrons. The fourth-order valence-electron chi connectivity index (χ4n) is 6.28. The number of esters is 4. The quantitative estimate of drug-likeness (QED) is 0.0169. The first-order chi connectivity index (χ1) is 31.2. The number of carbonyl (C=O) groups is 4. The molecule has 17 nitrogen and oxygen atoms in total. The lowest BCUT2D eigenvalue weighted by Crippen LogP contribution is -2.30. The molecule has 0 spiro atoms. The lowest BCUT2D eigenvalue weighted by atomic mass is 10.0. The lowest BCUT2D eigenvalue weighted by molar-refractivity contribution is -0.161. The molecular formula is C46H85O17P2-3. The van der Waals surface area contributed by atoms with Gasteiger partial charge in [0.1, 0.15) is 19.3 Å². The number of aliphatic hydroxyl groups is 1. The van der Waals surface area contributed by atoms with Crippen LogP contribution in [0.2, 0.25) is 0 Å². The molecule has 5 atom stereocenters. The summed E-state index contributed by atoms with van der Waals surface area (Å²) in [6.07, 6.45) is 21.2. The fourth-order valence-corrected chi connectivity index (χ4v) is 7.86. The zero-order valence-corrected chi connectivity index (χ0v) is 41.3. The van der Waals surface area contributed by atoms with Gasteiger partial charge >= 0.3 is 39.5 Å². The van der Waals surface area contributed by atoms with E-state index in [1.807, 2.05) is 0 Å². The van der Waals surface area contributed by atoms with Crippen LogP contribution in [0.5, 0.6) is 0 Å². The van der Waals surface area contributed by atoms with Crippen LogP contribution >= 0.6 is 15.6 Å². The summed E-state index contributed by atoms with van der Waals surface area (Å²) in [7, 11) is -9.83. The van der Waals surface area contributed by atoms with Crippen LogP contribution < -0.4 is 0 Å². The van der Waals surface area contributed by atoms with Crippen molar-refractivity contribution in [3.05, 3.63) is 20.8 Å². The fraction of sp³-hybridized carbons (Fsp3) is 0.848. The van der Waals surface area contributed by atoms with Crippen molar-refractivity contribution >= 4 is 39.5 Å². The summed E-state index contributed by atoms with van der Waals surface area (Å²) in [4.78, 5) is 69.6. The summed E-state index contributed by atoms with van der Waals surface area (Å²) in [5.74, 6) is -2.39. The molecule has 0 amide bonds. The summed E-state index contributed by atoms with van der Waals surface area (Å²) in [6, 6.07) is 0. The second-order valence-electron chi connectivity index (χ2n) is 16.3. The van der Waals surface area contributed by atoms with Crippen LogP contribution in [0.1, 0.15) is 193 Å².